The highest BCUT2D eigenvalue weighted by Gasteiger charge is 2.49. The molecule has 11 aromatic rings. The Bertz CT molecular complexity index is 6500. The van der Waals surface area contributed by atoms with Gasteiger partial charge in [-0.15, -0.1) is 11.6 Å². The van der Waals surface area contributed by atoms with Crippen LogP contribution in [0.5, 0.6) is 17.2 Å². The molecular formula is C91H123Cl3N17O32P3Si. The highest BCUT2D eigenvalue weighted by molar-refractivity contribution is 7.66. The van der Waals surface area contributed by atoms with Gasteiger partial charge in [-0.05, 0) is 82.8 Å². The molecule has 8 aromatic heterocycles. The summed E-state index contributed by atoms with van der Waals surface area (Å²) < 4.78 is 119. The number of ether oxygens (including phenoxy) is 10. The first-order chi connectivity index (χ1) is 68.8. The van der Waals surface area contributed by atoms with Crippen LogP contribution in [0, 0.1) is 46.6 Å². The first kappa shape index (κ1) is 116. The number of aliphatic hydroxyl groups is 5. The first-order valence-electron chi connectivity index (χ1n) is 46.2. The number of nitro groups is 3. The summed E-state index contributed by atoms with van der Waals surface area (Å²) in [4.78, 5) is 104. The molecule has 0 radical (unpaired) electrons. The number of nitrogens with two attached hydrogens (primary N) is 2. The van der Waals surface area contributed by atoms with E-state index in [-0.39, 0.29) is 121 Å². The van der Waals surface area contributed by atoms with Crippen molar-refractivity contribution in [2.45, 2.75) is 258 Å². The SMILES string of the molecule is CC[C@H]1O[C@@H](n2cc(CCl)c3c(Cl)ncnc32)CC1O[Si](C)(C)C(C)(C)C.COc1ccc([N+](=O)[O-])c([C@@H](OCc2cn([C@H]3CC(O)[C@@H](CO)O3)c3ncnc(Cl)c23)C(C)(C)C)c1.COc1ccc([N+](=O)[O-])c([C@@H](OCc2cn([C@H]3CC(O)[C@@H](CO)O3)c3ncnc(N)c23)C(C)(C)C)c1.COc1ccc([N+](=O)[O-])c([C@@H](OCc2cn([C@H]3CC(O)[C@@H](COP(=O)(O)OP(=O)(O)OP(=O)(O)O)O3)c3ncnc(N)c23)C(C)(C)C)c1. The predicted octanol–water partition coefficient (Wildman–Crippen LogP) is 16.0. The summed E-state index contributed by atoms with van der Waals surface area (Å²) in [5.74, 6) is 2.02. The molecule has 13 N–H and O–H groups in total. The number of fused-ring (bicyclic) bond motifs is 4. The number of phosphoric ester groups is 1. The summed E-state index contributed by atoms with van der Waals surface area (Å²) >= 11 is 18.9. The van der Waals surface area contributed by atoms with Gasteiger partial charge in [-0.25, -0.2) is 53.6 Å². The van der Waals surface area contributed by atoms with Crippen molar-refractivity contribution < 1.29 is 139 Å². The third kappa shape index (κ3) is 27.3. The molecule has 0 spiro atoms. The Labute approximate surface area is 859 Å². The molecule has 3 aromatic carbocycles. The number of methoxy groups -OCH3 is 3. The predicted molar refractivity (Wildman–Crippen MR) is 537 cm³/mol. The zero-order valence-electron chi connectivity index (χ0n) is 83.7. The molecule has 4 aliphatic heterocycles. The van der Waals surface area contributed by atoms with Gasteiger partial charge < -0.3 is 127 Å². The molecule has 147 heavy (non-hydrogen) atoms. The van der Waals surface area contributed by atoms with Crippen molar-refractivity contribution in [1.82, 2.24) is 58.1 Å². The van der Waals surface area contributed by atoms with Crippen LogP contribution in [-0.4, -0.2) is 216 Å². The normalized spacial score (nSPS) is 21.9. The molecule has 4 fully saturated rings. The molecule has 17 atom stereocenters. The van der Waals surface area contributed by atoms with E-state index in [2.05, 4.69) is 93.8 Å². The lowest BCUT2D eigenvalue weighted by atomic mass is 9.83. The molecule has 4 aliphatic rings. The quantitative estimate of drug-likeness (QED) is 0.00439. The third-order valence-electron chi connectivity index (χ3n) is 25.4. The smallest absolute Gasteiger partial charge is 0.490 e. The Morgan fingerprint density at radius 2 is 0.796 bits per heavy atom. The zero-order valence-corrected chi connectivity index (χ0v) is 89.7. The molecule has 0 amide bonds. The molecule has 0 aliphatic carbocycles. The van der Waals surface area contributed by atoms with Crippen LogP contribution in [0.2, 0.25) is 28.4 Å². The molecule has 49 nitrogen and oxygen atoms in total. The standard InChI is InChI=1S/C24H29ClN4O7.C24H34N5O16P3.C24H31N5O7.C19H29Cl2N3O2Si/c1-24(2,3)21(15-7-14(34-4)5-6-16(15)29(32)33)35-11-13-9-28(19-8-17(31)18(10-30)36-19)23-20(13)22(25)26-12-27-23;1-24(2,3)21(15-7-14(40-4)5-6-16(15)29(31)32)41-10-13-9-28(23-20(13)22(25)26-12-27-23)19-8-17(30)18(43-19)11-42-47(36,37)45-48(38,39)44-46(33,34)35;1-24(2,3)21(15-7-14(34-4)5-6-16(15)29(32)33)35-11-13-9-28(19-8-17(31)18(10-30)36-19)23-20(13)22(25)26-12-27-23;1-7-13-14(26-27(5,6)19(2,3)4)8-15(25-13)24-10-12(9-20)16-17(21)22-11-23-18(16)24/h5-7,9,12,17-19,21,30-31H,8,10-11H2,1-4H3;5-7,9,12,17-19,21,30H,8,10-11H2,1-4H3,(H,36,37)(H,38,39)(H2,25,26,27)(H2,33,34,35);5-7,9,12,17-19,21,30-31H,8,10-11H2,1-4H3,(H2,25,26,27);10-11,13-15H,7-9H2,1-6H3/t3*17?,18-,19-,21-;13-,14?,15-/m1111/s1. The summed E-state index contributed by atoms with van der Waals surface area (Å²) in [7, 11) is -14.2. The number of nitro benzene ring substituents is 3. The van der Waals surface area contributed by atoms with Crippen molar-refractivity contribution in [3.63, 3.8) is 0 Å². The van der Waals surface area contributed by atoms with E-state index >= 15 is 0 Å². The number of alkyl halides is 1. The maximum Gasteiger partial charge on any atom is 0.490 e. The molecule has 12 heterocycles. The van der Waals surface area contributed by atoms with Gasteiger partial charge in [-0.2, -0.15) is 8.62 Å². The maximum absolute atomic E-state index is 12.2. The van der Waals surface area contributed by atoms with E-state index in [0.29, 0.717) is 83.6 Å². The number of hydrogen-bond acceptors (Lipinski definition) is 38. The average Bonchev–Trinajstić information content (AvgIpc) is 1.62. The van der Waals surface area contributed by atoms with Gasteiger partial charge in [0.1, 0.15) is 130 Å². The summed E-state index contributed by atoms with van der Waals surface area (Å²) in [6.07, 6.45) is 4.59. The van der Waals surface area contributed by atoms with Crippen molar-refractivity contribution in [3.8, 4) is 17.2 Å². The zero-order chi connectivity index (χ0) is 108. The Balaban J connectivity index is 0.000000177. The topological polar surface area (TPSA) is 667 Å². The molecule has 4 saturated heterocycles. The van der Waals surface area contributed by atoms with Crippen LogP contribution >= 0.6 is 58.3 Å². The van der Waals surface area contributed by atoms with E-state index in [9.17, 15) is 79.4 Å². The number of phosphoric acid groups is 3. The number of benzene rings is 3. The Kier molecular flexibility index (Phi) is 37.1. The van der Waals surface area contributed by atoms with Crippen molar-refractivity contribution in [2.75, 3.05) is 52.6 Å². The van der Waals surface area contributed by atoms with E-state index in [1.807, 2.05) is 73.1 Å². The van der Waals surface area contributed by atoms with E-state index in [1.165, 1.54) is 81.5 Å². The minimum atomic E-state index is -5.74. The second-order valence-electron chi connectivity index (χ2n) is 40.0. The van der Waals surface area contributed by atoms with Crippen molar-refractivity contribution in [3.05, 3.63) is 184 Å². The molecule has 15 rings (SSSR count). The highest BCUT2D eigenvalue weighted by Crippen LogP contribution is 2.67. The molecular weight excluding hydrogens is 2070 g/mol. The van der Waals surface area contributed by atoms with Crippen molar-refractivity contribution >= 4 is 139 Å². The van der Waals surface area contributed by atoms with Crippen LogP contribution in [0.4, 0.5) is 28.7 Å². The first-order valence-corrected chi connectivity index (χ1v) is 54.9. The minimum Gasteiger partial charge on any atom is -0.497 e. The fraction of sp³-hybridized carbons (Fsp3) is 0.538. The Hall–Kier alpha value is -9.68. The second-order valence-corrected chi connectivity index (χ2v) is 50.1. The molecule has 804 valence electrons. The van der Waals surface area contributed by atoms with Crippen LogP contribution in [0.15, 0.2) is 105 Å². The number of nitrogen functional groups attached to an aromatic ring is 2. The minimum absolute atomic E-state index is 0.0472. The van der Waals surface area contributed by atoms with Crippen LogP contribution in [0.1, 0.15) is 204 Å². The average molecular weight is 2190 g/mol. The summed E-state index contributed by atoms with van der Waals surface area (Å²) in [6, 6.07) is 13.5. The van der Waals surface area contributed by atoms with Crippen LogP contribution < -0.4 is 25.7 Å². The third-order valence-corrected chi connectivity index (χ3v) is 34.6. The fourth-order valence-corrected chi connectivity index (χ4v) is 22.6. The number of aliphatic hydroxyl groups excluding tert-OH is 5. The van der Waals surface area contributed by atoms with Crippen molar-refractivity contribution in [1.29, 1.82) is 0 Å². The molecule has 0 bridgehead atoms. The highest BCUT2D eigenvalue weighted by atomic mass is 35.5. The second kappa shape index (κ2) is 47.1. The number of hydrogen-bond donors (Lipinski definition) is 11. The van der Waals surface area contributed by atoms with Gasteiger partial charge in [-0.3, -0.25) is 34.9 Å². The summed E-state index contributed by atoms with van der Waals surface area (Å²) in [6.45, 7) is 29.1. The van der Waals surface area contributed by atoms with E-state index in [1.54, 1.807) is 52.0 Å². The monoisotopic (exact) mass is 2190 g/mol. The van der Waals surface area contributed by atoms with E-state index in [0.717, 1.165) is 29.4 Å². The van der Waals surface area contributed by atoms with Crippen LogP contribution in [0.25, 0.3) is 44.1 Å². The van der Waals surface area contributed by atoms with Gasteiger partial charge in [-0.1, -0.05) is 113 Å². The lowest BCUT2D eigenvalue weighted by molar-refractivity contribution is -0.386. The summed E-state index contributed by atoms with van der Waals surface area (Å²) in [5, 5.41) is 88.6. The molecule has 56 heteroatoms. The molecule has 0 saturated carbocycles. The number of anilines is 2. The number of aromatic nitrogens is 12. The fourth-order valence-electron chi connectivity index (χ4n) is 17.5. The van der Waals surface area contributed by atoms with Crippen molar-refractivity contribution in [2.24, 2.45) is 16.2 Å². The number of nitrogens with zero attached hydrogens (tertiary/aromatic N) is 15. The maximum atomic E-state index is 12.2. The van der Waals surface area contributed by atoms with Gasteiger partial charge in [0.15, 0.2) is 8.32 Å². The van der Waals surface area contributed by atoms with Gasteiger partial charge in [0.25, 0.3) is 17.1 Å². The van der Waals surface area contributed by atoms with Gasteiger partial charge in [0.05, 0.1) is 163 Å². The lowest BCUT2D eigenvalue weighted by Crippen LogP contribution is -2.45. The Morgan fingerprint density at radius 3 is 1.12 bits per heavy atom. The largest absolute Gasteiger partial charge is 0.497 e. The van der Waals surface area contributed by atoms with E-state index in [4.69, 9.17) is 108 Å². The van der Waals surface area contributed by atoms with Gasteiger partial charge in [0, 0.05) is 91.2 Å². The van der Waals surface area contributed by atoms with Crippen LogP contribution in [0.3, 0.4) is 0 Å². The van der Waals surface area contributed by atoms with Gasteiger partial charge in [0.2, 0.25) is 0 Å². The van der Waals surface area contributed by atoms with Gasteiger partial charge >= 0.3 is 23.5 Å². The lowest BCUT2D eigenvalue weighted by Gasteiger charge is -2.39. The van der Waals surface area contributed by atoms with Crippen LogP contribution in [-0.2, 0) is 90.1 Å². The Morgan fingerprint density at radius 1 is 0.476 bits per heavy atom. The number of halogens is 3. The number of rotatable bonds is 35. The summed E-state index contributed by atoms with van der Waals surface area (Å²) in [5.41, 5.74) is 16.2. The van der Waals surface area contributed by atoms with E-state index < -0.39 is 143 Å². The molecule has 6 unspecified atom stereocenters.